The van der Waals surface area contributed by atoms with E-state index < -0.39 is 11.9 Å². The van der Waals surface area contributed by atoms with E-state index >= 15 is 0 Å². The molecule has 4 aliphatic rings. The van der Waals surface area contributed by atoms with Gasteiger partial charge in [0.15, 0.2) is 0 Å². The van der Waals surface area contributed by atoms with E-state index in [9.17, 15) is 14.4 Å². The van der Waals surface area contributed by atoms with Crippen LogP contribution < -0.4 is 14.8 Å². The Morgan fingerprint density at radius 2 is 1.72 bits per heavy atom. The molecule has 2 unspecified atom stereocenters. The van der Waals surface area contributed by atoms with E-state index in [1.165, 1.54) is 32.5 Å². The fraction of sp³-hybridized carbons (Fsp3) is 0.300. The van der Waals surface area contributed by atoms with Gasteiger partial charge in [0, 0.05) is 90.5 Å². The number of rotatable bonds is 9. The fourth-order valence-corrected chi connectivity index (χ4v) is 9.12. The number of ether oxygens (including phenoxy) is 3. The van der Waals surface area contributed by atoms with E-state index in [0.717, 1.165) is 66.2 Å². The second kappa shape index (κ2) is 16.4. The predicted octanol–water partition coefficient (Wildman–Crippen LogP) is 7.93. The number of aromatic nitrogens is 3. The molecule has 3 aromatic carbocycles. The smallest absolute Gasteiger partial charge is 0.255 e. The van der Waals surface area contributed by atoms with Crippen LogP contribution in [-0.2, 0) is 27.9 Å². The van der Waals surface area contributed by atoms with E-state index in [1.807, 2.05) is 42.9 Å². The van der Waals surface area contributed by atoms with Crippen molar-refractivity contribution in [2.75, 3.05) is 6.61 Å². The minimum Gasteiger partial charge on any atom is -0.481 e. The minimum atomic E-state index is -0.646. The summed E-state index contributed by atoms with van der Waals surface area (Å²) in [5.74, 6) is 6.69. The lowest BCUT2D eigenvalue weighted by Gasteiger charge is -2.37. The molecule has 11 nitrogen and oxygen atoms in total. The number of hydrogen-bond acceptors (Lipinski definition) is 8. The zero-order valence-corrected chi connectivity index (χ0v) is 33.9. The summed E-state index contributed by atoms with van der Waals surface area (Å²) >= 11 is 0. The van der Waals surface area contributed by atoms with Crippen LogP contribution >= 0.6 is 0 Å². The molecule has 10 rings (SSSR count). The summed E-state index contributed by atoms with van der Waals surface area (Å²) in [5, 5.41) is 4.69. The van der Waals surface area contributed by atoms with Crippen LogP contribution in [0.5, 0.6) is 11.6 Å². The van der Waals surface area contributed by atoms with Crippen LogP contribution in [0.4, 0.5) is 0 Å². The Hall–Kier alpha value is -6.77. The van der Waals surface area contributed by atoms with Gasteiger partial charge in [-0.25, -0.2) is 4.98 Å². The summed E-state index contributed by atoms with van der Waals surface area (Å²) in [6, 6.07) is 25.6. The molecule has 1 saturated carbocycles. The van der Waals surface area contributed by atoms with Crippen molar-refractivity contribution in [1.82, 2.24) is 24.8 Å². The van der Waals surface area contributed by atoms with Gasteiger partial charge in [0.1, 0.15) is 24.5 Å². The van der Waals surface area contributed by atoms with Gasteiger partial charge in [0.2, 0.25) is 17.7 Å². The number of benzene rings is 3. The topological polar surface area (TPSA) is 125 Å². The summed E-state index contributed by atoms with van der Waals surface area (Å²) in [7, 11) is 2.09. The fourth-order valence-electron chi connectivity index (χ4n) is 9.12. The van der Waals surface area contributed by atoms with Crippen LogP contribution in [-0.4, -0.2) is 68.1 Å². The number of carbonyl (C=O) groups is 3. The molecular weight excluding hydrogens is 767 g/mol. The molecule has 1 N–H and O–H groups in total. The Kier molecular flexibility index (Phi) is 10.3. The largest absolute Gasteiger partial charge is 0.481 e. The molecule has 3 aromatic heterocycles. The van der Waals surface area contributed by atoms with Crippen LogP contribution in [0.2, 0.25) is 0 Å². The number of hydrogen-bond donors (Lipinski definition) is 1. The second-order valence-electron chi connectivity index (χ2n) is 16.4. The van der Waals surface area contributed by atoms with Crippen molar-refractivity contribution in [3.05, 3.63) is 126 Å². The normalized spacial score (nSPS) is 21.2. The van der Waals surface area contributed by atoms with E-state index in [2.05, 4.69) is 87.3 Å². The Balaban J connectivity index is 0.673. The molecule has 2 aliphatic carbocycles. The molecule has 6 aromatic rings. The molecule has 1 saturated heterocycles. The van der Waals surface area contributed by atoms with Crippen LogP contribution in [0.15, 0.2) is 104 Å². The summed E-state index contributed by atoms with van der Waals surface area (Å²) in [6.07, 6.45) is 14.7. The van der Waals surface area contributed by atoms with E-state index in [-0.39, 0.29) is 43.2 Å². The molecule has 3 amide bonds. The minimum absolute atomic E-state index is 0.106. The number of nitrogens with one attached hydrogen (secondary N) is 1. The molecule has 2 fully saturated rings. The average molecular weight is 812 g/mol. The maximum atomic E-state index is 13.0. The number of nitrogens with zero attached hydrogens (tertiary/aromatic N) is 4. The Bertz CT molecular complexity index is 2790. The highest BCUT2D eigenvalue weighted by Gasteiger charge is 2.39. The van der Waals surface area contributed by atoms with Gasteiger partial charge in [-0.1, -0.05) is 42.2 Å². The first kappa shape index (κ1) is 38.4. The van der Waals surface area contributed by atoms with Crippen LogP contribution in [0, 0.1) is 11.8 Å². The first-order valence-electron chi connectivity index (χ1n) is 21.1. The Morgan fingerprint density at radius 1 is 0.820 bits per heavy atom. The van der Waals surface area contributed by atoms with Crippen LogP contribution in [0.25, 0.3) is 38.5 Å². The third kappa shape index (κ3) is 7.87. The average Bonchev–Trinajstić information content (AvgIpc) is 3.61. The van der Waals surface area contributed by atoms with Crippen molar-refractivity contribution in [2.45, 2.75) is 82.3 Å². The quantitative estimate of drug-likeness (QED) is 0.115. The summed E-state index contributed by atoms with van der Waals surface area (Å²) in [6.45, 7) is 0.488. The monoisotopic (exact) mass is 811 g/mol. The third-order valence-electron chi connectivity index (χ3n) is 12.5. The highest BCUT2D eigenvalue weighted by atomic mass is 16.5. The first-order valence-corrected chi connectivity index (χ1v) is 21.1. The Morgan fingerprint density at radius 3 is 2.59 bits per heavy atom. The van der Waals surface area contributed by atoms with Gasteiger partial charge < -0.3 is 23.7 Å². The number of amides is 3. The van der Waals surface area contributed by atoms with Crippen molar-refractivity contribution < 1.29 is 28.6 Å². The van der Waals surface area contributed by atoms with Gasteiger partial charge in [0.25, 0.3) is 5.91 Å². The lowest BCUT2D eigenvalue weighted by molar-refractivity contribution is -0.136. The van der Waals surface area contributed by atoms with Crippen molar-refractivity contribution in [2.24, 2.45) is 7.05 Å². The lowest BCUT2D eigenvalue weighted by Crippen LogP contribution is -2.52. The van der Waals surface area contributed by atoms with Crippen LogP contribution in [0.1, 0.15) is 78.4 Å². The van der Waals surface area contributed by atoms with Crippen molar-refractivity contribution in [3.63, 3.8) is 0 Å². The molecule has 2 aliphatic heterocycles. The van der Waals surface area contributed by atoms with Crippen molar-refractivity contribution >= 4 is 45.1 Å². The molecule has 5 heterocycles. The maximum Gasteiger partial charge on any atom is 0.255 e. The van der Waals surface area contributed by atoms with Gasteiger partial charge in [0.05, 0.1) is 17.7 Å². The zero-order chi connectivity index (χ0) is 41.5. The van der Waals surface area contributed by atoms with Gasteiger partial charge in [-0.05, 0) is 103 Å². The van der Waals surface area contributed by atoms with Gasteiger partial charge in [-0.3, -0.25) is 24.7 Å². The lowest BCUT2D eigenvalue weighted by atomic mass is 9.91. The molecule has 61 heavy (non-hydrogen) atoms. The molecule has 0 radical (unpaired) electrons. The second-order valence-corrected chi connectivity index (χ2v) is 16.4. The van der Waals surface area contributed by atoms with Gasteiger partial charge >= 0.3 is 0 Å². The highest BCUT2D eigenvalue weighted by Crippen LogP contribution is 2.35. The van der Waals surface area contributed by atoms with E-state index in [1.54, 1.807) is 12.1 Å². The third-order valence-corrected chi connectivity index (χ3v) is 12.5. The SMILES string of the molecule is Cn1c2ccncc2c2ccc(-c3ccc(OC4CC(OC5CCC=C(c6cccc(C#CCOc7ccc8c(c7)CN(C7CCC(=O)NC7=O)C8=O)c6)CC5)C4)nc3)cc21. The zero-order valence-electron chi connectivity index (χ0n) is 33.9. The van der Waals surface area contributed by atoms with Crippen molar-refractivity contribution in [1.29, 1.82) is 0 Å². The van der Waals surface area contributed by atoms with E-state index in [4.69, 9.17) is 14.2 Å². The molecule has 0 spiro atoms. The summed E-state index contributed by atoms with van der Waals surface area (Å²) in [4.78, 5) is 47.5. The number of aryl methyl sites for hydroxylation is 1. The number of pyridine rings is 2. The number of allylic oxidation sites excluding steroid dienone is 2. The summed E-state index contributed by atoms with van der Waals surface area (Å²) in [5.41, 5.74) is 9.27. The maximum absolute atomic E-state index is 13.0. The van der Waals surface area contributed by atoms with Crippen LogP contribution in [0.3, 0.4) is 0 Å². The van der Waals surface area contributed by atoms with Crippen molar-refractivity contribution in [3.8, 4) is 34.6 Å². The summed E-state index contributed by atoms with van der Waals surface area (Å²) < 4.78 is 21.0. The highest BCUT2D eigenvalue weighted by molar-refractivity contribution is 6.08. The van der Waals surface area contributed by atoms with E-state index in [0.29, 0.717) is 30.2 Å². The number of carbonyl (C=O) groups excluding carboxylic acids is 3. The number of imide groups is 1. The molecule has 11 heteroatoms. The van der Waals surface area contributed by atoms with Gasteiger partial charge in [-0.15, -0.1) is 0 Å². The number of piperidine rings is 1. The molecular formula is C50H45N5O6. The standard InChI is InChI=1S/C50H45N5O6/c1-54-44-20-21-51-29-43(44)42-15-11-34(25-46(42)54)35-12-19-48(52-28-35)61-40-26-39(27-40)60-37-9-3-7-32(10-13-37)33-8-2-5-31(23-33)6-4-22-59-38-14-16-41-36(24-38)30-55(50(41)58)45-17-18-47(56)53-49(45)57/h2,5,7-8,11-12,14-16,19-21,23-25,28-29,37,39-40,45H,3,9-10,13,17-18,22,26-27,30H2,1H3,(H,53,56,57). The molecule has 306 valence electrons. The number of fused-ring (bicyclic) bond motifs is 4. The molecule has 2 atom stereocenters. The first-order chi connectivity index (χ1) is 29.8. The Labute approximate surface area is 353 Å². The predicted molar refractivity (Wildman–Crippen MR) is 232 cm³/mol. The molecule has 0 bridgehead atoms. The van der Waals surface area contributed by atoms with Gasteiger partial charge in [-0.2, -0.15) is 0 Å².